The molecular formula is C24H27N7O. The van der Waals surface area contributed by atoms with Gasteiger partial charge in [0, 0.05) is 24.2 Å². The van der Waals surface area contributed by atoms with Crippen LogP contribution in [0, 0.1) is 0 Å². The van der Waals surface area contributed by atoms with Crippen LogP contribution < -0.4 is 21.8 Å². The zero-order valence-electron chi connectivity index (χ0n) is 18.2. The third kappa shape index (κ3) is 3.88. The lowest BCUT2D eigenvalue weighted by Crippen LogP contribution is -2.32. The van der Waals surface area contributed by atoms with Crippen molar-refractivity contribution in [2.45, 2.75) is 26.3 Å². The van der Waals surface area contributed by atoms with Gasteiger partial charge in [0.25, 0.3) is 0 Å². The highest BCUT2D eigenvalue weighted by molar-refractivity contribution is 6.04. The molecule has 0 aliphatic rings. The molecule has 0 unspecified atom stereocenters. The van der Waals surface area contributed by atoms with E-state index in [0.717, 1.165) is 57.8 Å². The predicted molar refractivity (Wildman–Crippen MR) is 127 cm³/mol. The predicted octanol–water partition coefficient (Wildman–Crippen LogP) is 3.19. The second kappa shape index (κ2) is 9.49. The van der Waals surface area contributed by atoms with Crippen molar-refractivity contribution in [2.75, 3.05) is 7.11 Å². The highest BCUT2D eigenvalue weighted by Crippen LogP contribution is 2.30. The number of ether oxygens (including phenoxy) is 1. The summed E-state index contributed by atoms with van der Waals surface area (Å²) in [5.74, 6) is 13.3. The number of imidazole rings is 1. The molecule has 0 radical (unpaired) electrons. The van der Waals surface area contributed by atoms with Crippen LogP contribution >= 0.6 is 0 Å². The standard InChI is InChI=1S/C24H27N7O/c1-3-8-21-28-22-20(32-2)13-14-27-24(22)31(21)15-16-9-4-5-10-17(16)18-11-6-7-12-19(18)23(29-25)30-26/h4-7,9-14H,3,8,15,25-26H2,1-2H3,(H,29,30). The lowest BCUT2D eigenvalue weighted by Gasteiger charge is -2.16. The molecule has 0 fully saturated rings. The van der Waals surface area contributed by atoms with Crippen molar-refractivity contribution < 1.29 is 4.74 Å². The minimum atomic E-state index is 0.418. The van der Waals surface area contributed by atoms with E-state index in [1.165, 1.54) is 0 Å². The molecule has 0 atom stereocenters. The van der Waals surface area contributed by atoms with Crippen molar-refractivity contribution in [1.29, 1.82) is 0 Å². The van der Waals surface area contributed by atoms with E-state index in [4.69, 9.17) is 21.4 Å². The first-order valence-corrected chi connectivity index (χ1v) is 10.5. The molecule has 2 aromatic heterocycles. The molecule has 0 amide bonds. The van der Waals surface area contributed by atoms with Crippen LogP contribution in [0.5, 0.6) is 5.75 Å². The van der Waals surface area contributed by atoms with Crippen LogP contribution in [0.15, 0.2) is 65.9 Å². The smallest absolute Gasteiger partial charge is 0.167 e. The van der Waals surface area contributed by atoms with Gasteiger partial charge in [-0.15, -0.1) is 0 Å². The summed E-state index contributed by atoms with van der Waals surface area (Å²) < 4.78 is 7.69. The van der Waals surface area contributed by atoms with Crippen LogP contribution in [-0.2, 0) is 13.0 Å². The number of amidine groups is 1. The molecule has 4 aromatic rings. The minimum Gasteiger partial charge on any atom is -0.494 e. The van der Waals surface area contributed by atoms with Gasteiger partial charge in [0.05, 0.1) is 13.7 Å². The maximum absolute atomic E-state index is 5.66. The van der Waals surface area contributed by atoms with Crippen molar-refractivity contribution in [2.24, 2.45) is 16.8 Å². The van der Waals surface area contributed by atoms with Crippen molar-refractivity contribution in [3.05, 3.63) is 77.7 Å². The third-order valence-corrected chi connectivity index (χ3v) is 5.45. The number of fused-ring (bicyclic) bond motifs is 1. The van der Waals surface area contributed by atoms with E-state index in [0.29, 0.717) is 12.4 Å². The molecule has 0 saturated heterocycles. The molecule has 8 heteroatoms. The average molecular weight is 430 g/mol. The lowest BCUT2D eigenvalue weighted by molar-refractivity contribution is 0.418. The van der Waals surface area contributed by atoms with E-state index in [-0.39, 0.29) is 0 Å². The molecule has 4 rings (SSSR count). The van der Waals surface area contributed by atoms with Gasteiger partial charge in [0.2, 0.25) is 0 Å². The Labute approximate surface area is 186 Å². The van der Waals surface area contributed by atoms with Crippen LogP contribution in [0.3, 0.4) is 0 Å². The molecule has 2 heterocycles. The average Bonchev–Trinajstić information content (AvgIpc) is 3.18. The SMILES string of the molecule is CCCc1nc2c(OC)ccnc2n1Cc1ccccc1-c1ccccc1/C(=N/N)NN. The van der Waals surface area contributed by atoms with Gasteiger partial charge in [-0.3, -0.25) is 0 Å². The van der Waals surface area contributed by atoms with Crippen LogP contribution in [0.2, 0.25) is 0 Å². The fourth-order valence-corrected chi connectivity index (χ4v) is 3.99. The number of nitrogens with one attached hydrogen (secondary N) is 1. The van der Waals surface area contributed by atoms with Crippen molar-refractivity contribution in [3.63, 3.8) is 0 Å². The van der Waals surface area contributed by atoms with E-state index in [2.05, 4.69) is 39.1 Å². The molecule has 164 valence electrons. The van der Waals surface area contributed by atoms with Gasteiger partial charge in [-0.05, 0) is 23.1 Å². The maximum atomic E-state index is 5.66. The van der Waals surface area contributed by atoms with Crippen LogP contribution in [-0.4, -0.2) is 27.5 Å². The highest BCUT2D eigenvalue weighted by Gasteiger charge is 2.18. The number of hydrazine groups is 1. The number of pyridine rings is 1. The number of nitrogens with two attached hydrogens (primary N) is 2. The molecule has 2 aromatic carbocycles. The van der Waals surface area contributed by atoms with Gasteiger partial charge in [-0.25, -0.2) is 15.8 Å². The number of hydrogen-bond acceptors (Lipinski definition) is 6. The van der Waals surface area contributed by atoms with Gasteiger partial charge in [0.15, 0.2) is 11.5 Å². The lowest BCUT2D eigenvalue weighted by atomic mass is 9.94. The Morgan fingerprint density at radius 3 is 2.56 bits per heavy atom. The molecular weight excluding hydrogens is 402 g/mol. The van der Waals surface area contributed by atoms with E-state index in [1.54, 1.807) is 13.3 Å². The molecule has 0 spiro atoms. The molecule has 5 N–H and O–H groups in total. The third-order valence-electron chi connectivity index (χ3n) is 5.45. The van der Waals surface area contributed by atoms with E-state index >= 15 is 0 Å². The maximum Gasteiger partial charge on any atom is 0.167 e. The van der Waals surface area contributed by atoms with Gasteiger partial charge in [-0.2, -0.15) is 5.10 Å². The highest BCUT2D eigenvalue weighted by atomic mass is 16.5. The summed E-state index contributed by atoms with van der Waals surface area (Å²) in [6.45, 7) is 2.76. The van der Waals surface area contributed by atoms with Gasteiger partial charge in [-0.1, -0.05) is 55.5 Å². The topological polar surface area (TPSA) is 116 Å². The Morgan fingerprint density at radius 2 is 1.84 bits per heavy atom. The second-order valence-electron chi connectivity index (χ2n) is 7.37. The fraction of sp³-hybridized carbons (Fsp3) is 0.208. The Bertz CT molecular complexity index is 1260. The zero-order valence-corrected chi connectivity index (χ0v) is 18.2. The molecule has 0 aliphatic carbocycles. The monoisotopic (exact) mass is 429 g/mol. The summed E-state index contributed by atoms with van der Waals surface area (Å²) in [6.07, 6.45) is 3.58. The minimum absolute atomic E-state index is 0.418. The second-order valence-corrected chi connectivity index (χ2v) is 7.37. The van der Waals surface area contributed by atoms with E-state index in [1.807, 2.05) is 42.5 Å². The Balaban J connectivity index is 1.86. The molecule has 0 aliphatic heterocycles. The quantitative estimate of drug-likeness (QED) is 0.180. The fourth-order valence-electron chi connectivity index (χ4n) is 3.99. The Hall–Kier alpha value is -3.91. The van der Waals surface area contributed by atoms with Gasteiger partial charge in [0.1, 0.15) is 17.1 Å². The summed E-state index contributed by atoms with van der Waals surface area (Å²) in [5, 5.41) is 3.81. The molecule has 8 nitrogen and oxygen atoms in total. The Morgan fingerprint density at radius 1 is 1.09 bits per heavy atom. The first-order valence-electron chi connectivity index (χ1n) is 10.5. The Kier molecular flexibility index (Phi) is 6.32. The van der Waals surface area contributed by atoms with Crippen molar-refractivity contribution in [3.8, 4) is 16.9 Å². The summed E-state index contributed by atoms with van der Waals surface area (Å²) in [5.41, 5.74) is 8.17. The number of rotatable bonds is 7. The molecule has 32 heavy (non-hydrogen) atoms. The number of hydrogen-bond donors (Lipinski definition) is 3. The summed E-state index contributed by atoms with van der Waals surface area (Å²) >= 11 is 0. The number of hydrazone groups is 1. The van der Waals surface area contributed by atoms with Gasteiger partial charge >= 0.3 is 0 Å². The molecule has 0 saturated carbocycles. The number of nitrogens with zero attached hydrogens (tertiary/aromatic N) is 4. The number of aromatic nitrogens is 3. The van der Waals surface area contributed by atoms with Crippen LogP contribution in [0.1, 0.15) is 30.3 Å². The number of methoxy groups -OCH3 is 1. The first-order chi connectivity index (χ1) is 15.7. The van der Waals surface area contributed by atoms with Crippen LogP contribution in [0.4, 0.5) is 0 Å². The van der Waals surface area contributed by atoms with Crippen molar-refractivity contribution >= 4 is 17.0 Å². The van der Waals surface area contributed by atoms with Gasteiger partial charge < -0.3 is 20.6 Å². The molecule has 0 bridgehead atoms. The van der Waals surface area contributed by atoms with E-state index < -0.39 is 0 Å². The normalized spacial score (nSPS) is 11.7. The number of aryl methyl sites for hydroxylation is 1. The van der Waals surface area contributed by atoms with E-state index in [9.17, 15) is 0 Å². The zero-order chi connectivity index (χ0) is 22.5. The number of benzene rings is 2. The summed E-state index contributed by atoms with van der Waals surface area (Å²) in [6, 6.07) is 18.0. The van der Waals surface area contributed by atoms with Crippen molar-refractivity contribution in [1.82, 2.24) is 20.0 Å². The largest absolute Gasteiger partial charge is 0.494 e. The first kappa shape index (κ1) is 21.3. The summed E-state index contributed by atoms with van der Waals surface area (Å²) in [4.78, 5) is 9.48. The summed E-state index contributed by atoms with van der Waals surface area (Å²) in [7, 11) is 1.65. The van der Waals surface area contributed by atoms with Crippen LogP contribution in [0.25, 0.3) is 22.3 Å².